The first-order valence-electron chi connectivity index (χ1n) is 7.69. The van der Waals surface area contributed by atoms with Crippen molar-refractivity contribution in [2.45, 2.75) is 27.3 Å². The largest absolute Gasteiger partial charge is 0.491 e. The first kappa shape index (κ1) is 18.7. The summed E-state index contributed by atoms with van der Waals surface area (Å²) in [6, 6.07) is 3.15. The summed E-state index contributed by atoms with van der Waals surface area (Å²) in [7, 11) is 1.39. The van der Waals surface area contributed by atoms with E-state index in [0.717, 1.165) is 10.4 Å². The molecule has 0 radical (unpaired) electrons. The Morgan fingerprint density at radius 2 is 2.04 bits per heavy atom. The van der Waals surface area contributed by atoms with E-state index < -0.39 is 17.4 Å². The molecule has 0 spiro atoms. The number of amides is 1. The fourth-order valence-electron chi connectivity index (χ4n) is 2.28. The zero-order chi connectivity index (χ0) is 18.6. The van der Waals surface area contributed by atoms with Crippen LogP contribution in [-0.2, 0) is 16.1 Å². The van der Waals surface area contributed by atoms with Gasteiger partial charge in [-0.3, -0.25) is 9.59 Å². The van der Waals surface area contributed by atoms with Crippen LogP contribution in [0.1, 0.15) is 27.7 Å². The Bertz CT molecular complexity index is 853. The number of methoxy groups -OCH3 is 1. The lowest BCUT2D eigenvalue weighted by atomic mass is 10.1. The Morgan fingerprint density at radius 3 is 2.68 bits per heavy atom. The summed E-state index contributed by atoms with van der Waals surface area (Å²) in [6.45, 7) is 5.46. The summed E-state index contributed by atoms with van der Waals surface area (Å²) in [5.41, 5.74) is 0.734. The molecule has 0 aliphatic carbocycles. The van der Waals surface area contributed by atoms with Gasteiger partial charge in [-0.15, -0.1) is 11.3 Å². The molecule has 0 unspecified atom stereocenters. The maximum Gasteiger partial charge on any atom is 0.341 e. The van der Waals surface area contributed by atoms with Crippen molar-refractivity contribution < 1.29 is 19.1 Å². The minimum atomic E-state index is -0.474. The van der Waals surface area contributed by atoms with Gasteiger partial charge in [0.1, 0.15) is 11.5 Å². The smallest absolute Gasteiger partial charge is 0.341 e. The molecule has 0 saturated carbocycles. The molecule has 1 amide bonds. The van der Waals surface area contributed by atoms with Crippen LogP contribution in [0.4, 0.5) is 5.00 Å². The number of hydrogen-bond donors (Lipinski definition) is 1. The van der Waals surface area contributed by atoms with Gasteiger partial charge in [0, 0.05) is 11.1 Å². The number of carbonyl (C=O) groups excluding carboxylic acids is 2. The summed E-state index contributed by atoms with van der Waals surface area (Å²) in [4.78, 5) is 37.5. The second-order valence-corrected chi connectivity index (χ2v) is 6.49. The van der Waals surface area contributed by atoms with E-state index in [9.17, 15) is 14.4 Å². The lowest BCUT2D eigenvalue weighted by Crippen LogP contribution is -2.27. The highest BCUT2D eigenvalue weighted by Gasteiger charge is 2.22. The Kier molecular flexibility index (Phi) is 5.97. The van der Waals surface area contributed by atoms with Gasteiger partial charge < -0.3 is 19.4 Å². The molecule has 0 fully saturated rings. The molecule has 7 nitrogen and oxygen atoms in total. The fourth-order valence-corrected chi connectivity index (χ4v) is 3.34. The molecular formula is C17H20N2O5S. The minimum absolute atomic E-state index is 0.158. The Hall–Kier alpha value is -2.61. The first-order chi connectivity index (χ1) is 11.9. The molecule has 0 saturated heterocycles. The Morgan fingerprint density at radius 1 is 1.32 bits per heavy atom. The van der Waals surface area contributed by atoms with Gasteiger partial charge in [-0.25, -0.2) is 4.79 Å². The third kappa shape index (κ3) is 4.08. The molecule has 0 aromatic carbocycles. The average Bonchev–Trinajstić information content (AvgIpc) is 2.83. The van der Waals surface area contributed by atoms with Gasteiger partial charge in [-0.2, -0.15) is 0 Å². The summed E-state index contributed by atoms with van der Waals surface area (Å²) < 4.78 is 11.3. The lowest BCUT2D eigenvalue weighted by molar-refractivity contribution is -0.116. The summed E-state index contributed by atoms with van der Waals surface area (Å²) >= 11 is 1.30. The number of esters is 1. The van der Waals surface area contributed by atoms with Gasteiger partial charge in [0.25, 0.3) is 5.56 Å². The van der Waals surface area contributed by atoms with E-state index in [4.69, 9.17) is 9.47 Å². The molecule has 1 N–H and O–H groups in total. The number of aryl methyl sites for hydroxylation is 1. The number of hydrogen-bond acceptors (Lipinski definition) is 6. The van der Waals surface area contributed by atoms with Crippen LogP contribution in [-0.4, -0.2) is 30.2 Å². The monoisotopic (exact) mass is 364 g/mol. The molecule has 2 aromatic heterocycles. The molecular weight excluding hydrogens is 344 g/mol. The Balaban J connectivity index is 2.23. The van der Waals surface area contributed by atoms with Crippen molar-refractivity contribution in [3.05, 3.63) is 44.7 Å². The van der Waals surface area contributed by atoms with Crippen LogP contribution in [0.25, 0.3) is 0 Å². The zero-order valence-electron chi connectivity index (χ0n) is 14.5. The van der Waals surface area contributed by atoms with E-state index in [-0.39, 0.29) is 18.9 Å². The maximum atomic E-state index is 12.3. The SMILES string of the molecule is CCOC(=O)c1c(NC(=O)Cn2cccc(OC)c2=O)sc(C)c1C. The molecule has 2 rings (SSSR count). The molecule has 134 valence electrons. The van der Waals surface area contributed by atoms with Crippen molar-refractivity contribution in [2.24, 2.45) is 0 Å². The topological polar surface area (TPSA) is 86.6 Å². The highest BCUT2D eigenvalue weighted by molar-refractivity contribution is 7.16. The van der Waals surface area contributed by atoms with E-state index in [0.29, 0.717) is 10.6 Å². The van der Waals surface area contributed by atoms with Crippen LogP contribution in [0, 0.1) is 13.8 Å². The molecule has 0 aliphatic heterocycles. The van der Waals surface area contributed by atoms with E-state index in [1.165, 1.54) is 35.3 Å². The summed E-state index contributed by atoms with van der Waals surface area (Å²) in [6.07, 6.45) is 1.50. The fraction of sp³-hybridized carbons (Fsp3) is 0.353. The van der Waals surface area contributed by atoms with Crippen LogP contribution in [0.15, 0.2) is 23.1 Å². The van der Waals surface area contributed by atoms with Crippen LogP contribution < -0.4 is 15.6 Å². The van der Waals surface area contributed by atoms with Gasteiger partial charge in [-0.05, 0) is 38.5 Å². The van der Waals surface area contributed by atoms with Crippen molar-refractivity contribution in [2.75, 3.05) is 19.0 Å². The lowest BCUT2D eigenvalue weighted by Gasteiger charge is -2.09. The number of anilines is 1. The summed E-state index contributed by atoms with van der Waals surface area (Å²) in [5.74, 6) is -0.731. The third-order valence-electron chi connectivity index (χ3n) is 3.64. The number of nitrogens with one attached hydrogen (secondary N) is 1. The number of pyridine rings is 1. The highest BCUT2D eigenvalue weighted by Crippen LogP contribution is 2.33. The average molecular weight is 364 g/mol. The molecule has 0 aliphatic rings. The second kappa shape index (κ2) is 7.98. The molecule has 2 aromatic rings. The third-order valence-corrected chi connectivity index (χ3v) is 4.76. The zero-order valence-corrected chi connectivity index (χ0v) is 15.4. The van der Waals surface area contributed by atoms with E-state index >= 15 is 0 Å². The van der Waals surface area contributed by atoms with E-state index in [1.54, 1.807) is 19.9 Å². The Labute approximate surface area is 149 Å². The molecule has 0 bridgehead atoms. The molecule has 8 heteroatoms. The number of ether oxygens (including phenoxy) is 2. The minimum Gasteiger partial charge on any atom is -0.491 e. The number of rotatable bonds is 6. The highest BCUT2D eigenvalue weighted by atomic mass is 32.1. The van der Waals surface area contributed by atoms with Crippen LogP contribution >= 0.6 is 11.3 Å². The number of nitrogens with zero attached hydrogens (tertiary/aromatic N) is 1. The van der Waals surface area contributed by atoms with Crippen molar-refractivity contribution in [1.82, 2.24) is 4.57 Å². The molecule has 2 heterocycles. The van der Waals surface area contributed by atoms with E-state index in [2.05, 4.69) is 5.32 Å². The van der Waals surface area contributed by atoms with Crippen LogP contribution in [0.5, 0.6) is 5.75 Å². The molecule has 25 heavy (non-hydrogen) atoms. The van der Waals surface area contributed by atoms with Gasteiger partial charge in [-0.1, -0.05) is 0 Å². The van der Waals surface area contributed by atoms with Crippen molar-refractivity contribution in [3.8, 4) is 5.75 Å². The molecule has 0 atom stereocenters. The quantitative estimate of drug-likeness (QED) is 0.795. The van der Waals surface area contributed by atoms with Gasteiger partial charge in [0.2, 0.25) is 5.91 Å². The maximum absolute atomic E-state index is 12.3. The predicted octanol–water partition coefficient (Wildman–Crippen LogP) is 2.35. The van der Waals surface area contributed by atoms with E-state index in [1.807, 2.05) is 6.92 Å². The van der Waals surface area contributed by atoms with Crippen molar-refractivity contribution in [1.29, 1.82) is 0 Å². The number of thiophene rings is 1. The first-order valence-corrected chi connectivity index (χ1v) is 8.51. The van der Waals surface area contributed by atoms with Crippen LogP contribution in [0.2, 0.25) is 0 Å². The number of aromatic nitrogens is 1. The van der Waals surface area contributed by atoms with Gasteiger partial charge >= 0.3 is 5.97 Å². The van der Waals surface area contributed by atoms with Crippen molar-refractivity contribution in [3.63, 3.8) is 0 Å². The van der Waals surface area contributed by atoms with Crippen LogP contribution in [0.3, 0.4) is 0 Å². The number of carbonyl (C=O) groups is 2. The second-order valence-electron chi connectivity index (χ2n) is 5.27. The standard InChI is InChI=1S/C17H20N2O5S/c1-5-24-17(22)14-10(2)11(3)25-15(14)18-13(20)9-19-8-6-7-12(23-4)16(19)21/h6-8H,5,9H2,1-4H3,(H,18,20). The van der Waals surface area contributed by atoms with Crippen molar-refractivity contribution >= 4 is 28.2 Å². The summed E-state index contributed by atoms with van der Waals surface area (Å²) in [5, 5.41) is 3.13. The van der Waals surface area contributed by atoms with Gasteiger partial charge in [0.15, 0.2) is 5.75 Å². The predicted molar refractivity (Wildman–Crippen MR) is 95.6 cm³/mol. The normalized spacial score (nSPS) is 10.4. The van der Waals surface area contributed by atoms with Gasteiger partial charge in [0.05, 0.1) is 19.3 Å².